The molecule has 0 bridgehead atoms. The normalized spacial score (nSPS) is 11.9. The Kier molecular flexibility index (Phi) is 5.42. The van der Waals surface area contributed by atoms with Crippen LogP contribution in [-0.2, 0) is 4.74 Å². The predicted octanol–water partition coefficient (Wildman–Crippen LogP) is 0.380. The number of likely N-dealkylation sites (N-methyl/N-ethyl adjacent to an activating group) is 1. The fourth-order valence-corrected chi connectivity index (χ4v) is 1.70. The lowest BCUT2D eigenvalue weighted by atomic mass is 10.1. The lowest BCUT2D eigenvalue weighted by Crippen LogP contribution is -2.36. The van der Waals surface area contributed by atoms with Gasteiger partial charge in [-0.2, -0.15) is 0 Å². The average Bonchev–Trinajstić information content (AvgIpc) is 2.38. The molecule has 110 valence electrons. The van der Waals surface area contributed by atoms with Crippen molar-refractivity contribution in [2.24, 2.45) is 0 Å². The largest absolute Gasteiger partial charge is 0.502 e. The second-order valence-corrected chi connectivity index (χ2v) is 4.23. The monoisotopic (exact) mass is 284 g/mol. The molecule has 1 rings (SSSR count). The van der Waals surface area contributed by atoms with E-state index in [1.165, 1.54) is 26.3 Å². The van der Waals surface area contributed by atoms with Crippen LogP contribution < -0.4 is 0 Å². The second-order valence-electron chi connectivity index (χ2n) is 4.23. The van der Waals surface area contributed by atoms with Gasteiger partial charge in [0.25, 0.3) is 5.91 Å². The minimum atomic E-state index is -0.880. The molecule has 2 N–H and O–H groups in total. The van der Waals surface area contributed by atoms with Crippen molar-refractivity contribution in [1.82, 2.24) is 4.90 Å². The number of hydrogen-bond acceptors (Lipinski definition) is 6. The van der Waals surface area contributed by atoms with Crippen molar-refractivity contribution >= 4 is 11.6 Å². The SMILES string of the molecule is COCC(O)CN(C)C(=O)c1cccc([N+](=O)[O-])c1O. The number of nitro benzene ring substituents is 1. The fraction of sp³-hybridized carbons (Fsp3) is 0.417. The van der Waals surface area contributed by atoms with E-state index < -0.39 is 28.4 Å². The Morgan fingerprint density at radius 3 is 2.75 bits per heavy atom. The van der Waals surface area contributed by atoms with Crippen LogP contribution in [0, 0.1) is 10.1 Å². The van der Waals surface area contributed by atoms with Gasteiger partial charge in [-0.15, -0.1) is 0 Å². The van der Waals surface area contributed by atoms with Crippen LogP contribution in [0.4, 0.5) is 5.69 Å². The first-order valence-corrected chi connectivity index (χ1v) is 5.77. The van der Waals surface area contributed by atoms with Gasteiger partial charge in [0.15, 0.2) is 0 Å². The van der Waals surface area contributed by atoms with Crippen LogP contribution in [0.15, 0.2) is 18.2 Å². The van der Waals surface area contributed by atoms with Crippen LogP contribution in [-0.4, -0.2) is 59.4 Å². The van der Waals surface area contributed by atoms with Gasteiger partial charge < -0.3 is 19.8 Å². The molecule has 1 aromatic carbocycles. The molecule has 0 aliphatic rings. The first kappa shape index (κ1) is 15.9. The van der Waals surface area contributed by atoms with E-state index in [1.807, 2.05) is 0 Å². The Hall–Kier alpha value is -2.19. The van der Waals surface area contributed by atoms with Gasteiger partial charge in [-0.25, -0.2) is 0 Å². The van der Waals surface area contributed by atoms with E-state index in [4.69, 9.17) is 4.74 Å². The van der Waals surface area contributed by atoms with Crippen molar-refractivity contribution in [2.45, 2.75) is 6.10 Å². The number of benzene rings is 1. The minimum Gasteiger partial charge on any atom is -0.502 e. The van der Waals surface area contributed by atoms with Crippen molar-refractivity contribution in [3.63, 3.8) is 0 Å². The Labute approximate surface area is 115 Å². The predicted molar refractivity (Wildman–Crippen MR) is 69.6 cm³/mol. The summed E-state index contributed by atoms with van der Waals surface area (Å²) in [6.07, 6.45) is -0.880. The maximum atomic E-state index is 12.1. The number of amides is 1. The molecule has 8 nitrogen and oxygen atoms in total. The minimum absolute atomic E-state index is 0.0190. The number of nitrogens with zero attached hydrogens (tertiary/aromatic N) is 2. The molecule has 0 saturated carbocycles. The summed E-state index contributed by atoms with van der Waals surface area (Å²) in [5.74, 6) is -1.31. The number of phenols is 1. The number of aliphatic hydroxyl groups is 1. The van der Waals surface area contributed by atoms with Crippen LogP contribution in [0.25, 0.3) is 0 Å². The zero-order chi connectivity index (χ0) is 15.3. The molecule has 0 saturated heterocycles. The van der Waals surface area contributed by atoms with Crippen molar-refractivity contribution in [3.05, 3.63) is 33.9 Å². The zero-order valence-corrected chi connectivity index (χ0v) is 11.1. The quantitative estimate of drug-likeness (QED) is 0.576. The third kappa shape index (κ3) is 3.65. The van der Waals surface area contributed by atoms with Crippen molar-refractivity contribution in [2.75, 3.05) is 27.3 Å². The lowest BCUT2D eigenvalue weighted by molar-refractivity contribution is -0.385. The lowest BCUT2D eigenvalue weighted by Gasteiger charge is -2.20. The maximum absolute atomic E-state index is 12.1. The summed E-state index contributed by atoms with van der Waals surface area (Å²) in [6, 6.07) is 3.69. The molecule has 0 radical (unpaired) electrons. The zero-order valence-electron chi connectivity index (χ0n) is 11.1. The van der Waals surface area contributed by atoms with Crippen LogP contribution in [0.1, 0.15) is 10.4 Å². The van der Waals surface area contributed by atoms with Crippen molar-refractivity contribution < 1.29 is 24.7 Å². The van der Waals surface area contributed by atoms with Crippen LogP contribution in [0.2, 0.25) is 0 Å². The number of para-hydroxylation sites is 1. The van der Waals surface area contributed by atoms with Gasteiger partial charge in [0.05, 0.1) is 23.2 Å². The third-order valence-corrected chi connectivity index (χ3v) is 2.63. The highest BCUT2D eigenvalue weighted by molar-refractivity contribution is 5.97. The number of hydrogen-bond donors (Lipinski definition) is 2. The highest BCUT2D eigenvalue weighted by Crippen LogP contribution is 2.29. The molecule has 1 aromatic rings. The van der Waals surface area contributed by atoms with Crippen molar-refractivity contribution in [1.29, 1.82) is 0 Å². The van der Waals surface area contributed by atoms with E-state index in [0.29, 0.717) is 0 Å². The summed E-state index contributed by atoms with van der Waals surface area (Å²) in [5.41, 5.74) is -0.729. The van der Waals surface area contributed by atoms with Crippen molar-refractivity contribution in [3.8, 4) is 5.75 Å². The summed E-state index contributed by atoms with van der Waals surface area (Å²) in [6.45, 7) is 0.0351. The van der Waals surface area contributed by atoms with Gasteiger partial charge in [-0.1, -0.05) is 6.07 Å². The van der Waals surface area contributed by atoms with E-state index in [2.05, 4.69) is 0 Å². The highest BCUT2D eigenvalue weighted by atomic mass is 16.6. The number of phenolic OH excluding ortho intramolecular Hbond substituents is 1. The molecule has 1 atom stereocenters. The standard InChI is InChI=1S/C12H16N2O6/c1-13(6-8(15)7-20-2)12(17)9-4-3-5-10(11(9)16)14(18)19/h3-5,8,15-16H,6-7H2,1-2H3. The fourth-order valence-electron chi connectivity index (χ4n) is 1.70. The Balaban J connectivity index is 2.92. The van der Waals surface area contributed by atoms with Crippen LogP contribution in [0.3, 0.4) is 0 Å². The van der Waals surface area contributed by atoms with Gasteiger partial charge >= 0.3 is 5.69 Å². The Bertz CT molecular complexity index is 505. The summed E-state index contributed by atoms with van der Waals surface area (Å²) in [5, 5.41) is 30.0. The number of carbonyl (C=O) groups is 1. The molecule has 1 unspecified atom stereocenters. The molecule has 0 spiro atoms. The molecule has 20 heavy (non-hydrogen) atoms. The number of nitro groups is 1. The topological polar surface area (TPSA) is 113 Å². The van der Waals surface area contributed by atoms with E-state index in [9.17, 15) is 25.1 Å². The van der Waals surface area contributed by atoms with Gasteiger partial charge in [0.2, 0.25) is 5.75 Å². The highest BCUT2D eigenvalue weighted by Gasteiger charge is 2.24. The van der Waals surface area contributed by atoms with Gasteiger partial charge in [-0.05, 0) is 6.07 Å². The number of aromatic hydroxyl groups is 1. The molecular weight excluding hydrogens is 268 g/mol. The summed E-state index contributed by atoms with van der Waals surface area (Å²) < 4.78 is 4.74. The first-order valence-electron chi connectivity index (χ1n) is 5.77. The van der Waals surface area contributed by atoms with E-state index in [-0.39, 0.29) is 18.7 Å². The number of rotatable bonds is 6. The average molecular weight is 284 g/mol. The molecular formula is C12H16N2O6. The van der Waals surface area contributed by atoms with Crippen LogP contribution in [0.5, 0.6) is 5.75 Å². The summed E-state index contributed by atoms with van der Waals surface area (Å²) in [7, 11) is 2.83. The summed E-state index contributed by atoms with van der Waals surface area (Å²) in [4.78, 5) is 23.1. The van der Waals surface area contributed by atoms with Gasteiger partial charge in [0, 0.05) is 26.8 Å². The number of aliphatic hydroxyl groups excluding tert-OH is 1. The molecule has 1 amide bonds. The number of ether oxygens (including phenoxy) is 1. The van der Waals surface area contributed by atoms with E-state index in [0.717, 1.165) is 11.0 Å². The Morgan fingerprint density at radius 1 is 1.55 bits per heavy atom. The Morgan fingerprint density at radius 2 is 2.20 bits per heavy atom. The second kappa shape index (κ2) is 6.83. The first-order chi connectivity index (χ1) is 9.38. The number of carbonyl (C=O) groups excluding carboxylic acids is 1. The molecule has 8 heteroatoms. The van der Waals surface area contributed by atoms with Crippen LogP contribution >= 0.6 is 0 Å². The molecule has 0 aromatic heterocycles. The third-order valence-electron chi connectivity index (χ3n) is 2.63. The number of methoxy groups -OCH3 is 1. The van der Waals surface area contributed by atoms with Gasteiger partial charge in [0.1, 0.15) is 0 Å². The molecule has 0 fully saturated rings. The maximum Gasteiger partial charge on any atom is 0.311 e. The van der Waals surface area contributed by atoms with E-state index >= 15 is 0 Å². The molecule has 0 aliphatic heterocycles. The smallest absolute Gasteiger partial charge is 0.311 e. The summed E-state index contributed by atoms with van der Waals surface area (Å²) >= 11 is 0. The van der Waals surface area contributed by atoms with E-state index in [1.54, 1.807) is 0 Å². The molecule has 0 aliphatic carbocycles. The molecule has 0 heterocycles. The van der Waals surface area contributed by atoms with Gasteiger partial charge in [-0.3, -0.25) is 14.9 Å².